The van der Waals surface area contributed by atoms with Crippen LogP contribution in [0.5, 0.6) is 5.75 Å². The number of hydrogen-bond donors (Lipinski definition) is 3. The van der Waals surface area contributed by atoms with E-state index in [4.69, 9.17) is 4.74 Å². The Balaban J connectivity index is 2.63. The molecule has 1 unspecified atom stereocenters. The molecule has 0 saturated carbocycles. The molecule has 0 bridgehead atoms. The number of ether oxygens (including phenoxy) is 1. The number of aliphatic hydroxyl groups excluding tert-OH is 1. The van der Waals surface area contributed by atoms with Crippen molar-refractivity contribution >= 4 is 5.96 Å². The maximum atomic E-state index is 9.20. The highest BCUT2D eigenvalue weighted by Gasteiger charge is 2.08. The zero-order chi connectivity index (χ0) is 19.2. The minimum atomic E-state index is 0.239. The highest BCUT2D eigenvalue weighted by atomic mass is 16.5. The second kappa shape index (κ2) is 13.5. The molecule has 0 aromatic heterocycles. The first-order valence-corrected chi connectivity index (χ1v) is 9.93. The Kier molecular flexibility index (Phi) is 11.5. The molecule has 1 aromatic carbocycles. The predicted molar refractivity (Wildman–Crippen MR) is 110 cm³/mol. The van der Waals surface area contributed by atoms with E-state index in [9.17, 15) is 5.11 Å². The van der Waals surface area contributed by atoms with Crippen molar-refractivity contribution in [1.82, 2.24) is 10.6 Å². The standard InChI is InChI=1S/C21H37N3O2/c1-5-8-18(11-12-25)14-23-21(22-6-2)24-15-19-9-7-10-20(13-19)26-16-17(3)4/h7,9-10,13,17-18,25H,5-6,8,11-12,14-16H2,1-4H3,(H2,22,23,24). The van der Waals surface area contributed by atoms with E-state index in [1.165, 1.54) is 0 Å². The third-order valence-electron chi connectivity index (χ3n) is 4.04. The van der Waals surface area contributed by atoms with Crippen LogP contribution in [0.3, 0.4) is 0 Å². The zero-order valence-corrected chi connectivity index (χ0v) is 16.9. The van der Waals surface area contributed by atoms with E-state index < -0.39 is 0 Å². The summed E-state index contributed by atoms with van der Waals surface area (Å²) in [6, 6.07) is 8.13. The molecule has 5 heteroatoms. The number of nitrogens with zero attached hydrogens (tertiary/aromatic N) is 1. The molecule has 1 rings (SSSR count). The fourth-order valence-corrected chi connectivity index (χ4v) is 2.69. The van der Waals surface area contributed by atoms with Gasteiger partial charge in [-0.05, 0) is 49.3 Å². The van der Waals surface area contributed by atoms with Crippen molar-refractivity contribution in [1.29, 1.82) is 0 Å². The lowest BCUT2D eigenvalue weighted by Crippen LogP contribution is -2.40. The van der Waals surface area contributed by atoms with Gasteiger partial charge in [-0.15, -0.1) is 0 Å². The molecule has 0 aliphatic carbocycles. The molecule has 0 spiro atoms. The summed E-state index contributed by atoms with van der Waals surface area (Å²) in [7, 11) is 0. The number of nitrogens with one attached hydrogen (secondary N) is 2. The Hall–Kier alpha value is -1.75. The van der Waals surface area contributed by atoms with Crippen LogP contribution >= 0.6 is 0 Å². The van der Waals surface area contributed by atoms with Crippen molar-refractivity contribution < 1.29 is 9.84 Å². The Labute approximate surface area is 159 Å². The van der Waals surface area contributed by atoms with E-state index in [2.05, 4.69) is 55.5 Å². The van der Waals surface area contributed by atoms with Crippen LogP contribution < -0.4 is 15.4 Å². The van der Waals surface area contributed by atoms with Gasteiger partial charge < -0.3 is 20.5 Å². The average Bonchev–Trinajstić information content (AvgIpc) is 2.63. The molecule has 0 amide bonds. The molecule has 0 aliphatic rings. The summed E-state index contributed by atoms with van der Waals surface area (Å²) in [5.74, 6) is 2.70. The molecular formula is C21H37N3O2. The molecule has 148 valence electrons. The Morgan fingerprint density at radius 2 is 2.00 bits per heavy atom. The Morgan fingerprint density at radius 3 is 2.65 bits per heavy atom. The first kappa shape index (κ1) is 22.3. The van der Waals surface area contributed by atoms with Gasteiger partial charge in [-0.1, -0.05) is 39.3 Å². The predicted octanol–water partition coefficient (Wildman–Crippen LogP) is 3.58. The Morgan fingerprint density at radius 1 is 1.19 bits per heavy atom. The molecule has 0 radical (unpaired) electrons. The molecule has 0 saturated heterocycles. The van der Waals surface area contributed by atoms with E-state index >= 15 is 0 Å². The summed E-state index contributed by atoms with van der Waals surface area (Å²) < 4.78 is 5.79. The number of rotatable bonds is 12. The van der Waals surface area contributed by atoms with Crippen LogP contribution in [0.25, 0.3) is 0 Å². The minimum absolute atomic E-state index is 0.239. The zero-order valence-electron chi connectivity index (χ0n) is 16.9. The molecule has 0 aliphatic heterocycles. The molecule has 0 fully saturated rings. The first-order valence-electron chi connectivity index (χ1n) is 9.93. The van der Waals surface area contributed by atoms with E-state index in [1.807, 2.05) is 12.1 Å². The number of guanidine groups is 1. The largest absolute Gasteiger partial charge is 0.493 e. The minimum Gasteiger partial charge on any atom is -0.493 e. The van der Waals surface area contributed by atoms with Crippen molar-refractivity contribution in [3.05, 3.63) is 29.8 Å². The van der Waals surface area contributed by atoms with Gasteiger partial charge in [-0.25, -0.2) is 4.99 Å². The molecule has 1 atom stereocenters. The maximum Gasteiger partial charge on any atom is 0.191 e. The summed E-state index contributed by atoms with van der Waals surface area (Å²) in [6.45, 7) is 11.7. The summed E-state index contributed by atoms with van der Waals surface area (Å²) in [4.78, 5) is 4.69. The van der Waals surface area contributed by atoms with E-state index in [0.717, 1.165) is 56.2 Å². The Bertz CT molecular complexity index is 512. The van der Waals surface area contributed by atoms with Crippen LogP contribution in [0, 0.1) is 11.8 Å². The van der Waals surface area contributed by atoms with E-state index in [1.54, 1.807) is 0 Å². The van der Waals surface area contributed by atoms with Gasteiger partial charge in [0.15, 0.2) is 5.96 Å². The highest BCUT2D eigenvalue weighted by molar-refractivity contribution is 5.79. The number of aliphatic hydroxyl groups is 1. The van der Waals surface area contributed by atoms with Crippen molar-refractivity contribution in [2.45, 2.75) is 53.5 Å². The fourth-order valence-electron chi connectivity index (χ4n) is 2.69. The summed E-state index contributed by atoms with van der Waals surface area (Å²) in [6.07, 6.45) is 3.07. The second-order valence-electron chi connectivity index (χ2n) is 7.10. The normalized spacial score (nSPS) is 12.9. The summed E-state index contributed by atoms with van der Waals surface area (Å²) in [5.41, 5.74) is 1.13. The first-order chi connectivity index (χ1) is 12.6. The van der Waals surface area contributed by atoms with Crippen molar-refractivity contribution in [2.75, 3.05) is 26.3 Å². The van der Waals surface area contributed by atoms with Crippen LogP contribution in [0.1, 0.15) is 52.5 Å². The number of benzene rings is 1. The van der Waals surface area contributed by atoms with Gasteiger partial charge >= 0.3 is 0 Å². The van der Waals surface area contributed by atoms with Gasteiger partial charge in [-0.3, -0.25) is 0 Å². The number of aliphatic imine (C=N–C) groups is 1. The highest BCUT2D eigenvalue weighted by Crippen LogP contribution is 2.15. The monoisotopic (exact) mass is 363 g/mol. The van der Waals surface area contributed by atoms with Gasteiger partial charge in [-0.2, -0.15) is 0 Å². The molecule has 1 aromatic rings. The van der Waals surface area contributed by atoms with E-state index in [-0.39, 0.29) is 6.61 Å². The quantitative estimate of drug-likeness (QED) is 0.392. The van der Waals surface area contributed by atoms with Gasteiger partial charge in [0.2, 0.25) is 0 Å². The van der Waals surface area contributed by atoms with Crippen molar-refractivity contribution in [3.8, 4) is 5.75 Å². The lowest BCUT2D eigenvalue weighted by molar-refractivity contribution is 0.251. The number of hydrogen-bond acceptors (Lipinski definition) is 3. The van der Waals surface area contributed by atoms with Crippen LogP contribution in [-0.2, 0) is 6.54 Å². The van der Waals surface area contributed by atoms with Gasteiger partial charge in [0, 0.05) is 19.7 Å². The lowest BCUT2D eigenvalue weighted by atomic mass is 10.0. The SMILES string of the molecule is CCCC(CCO)CNC(=NCc1cccc(OCC(C)C)c1)NCC. The van der Waals surface area contributed by atoms with Gasteiger partial charge in [0.1, 0.15) is 5.75 Å². The lowest BCUT2D eigenvalue weighted by Gasteiger charge is -2.18. The van der Waals surface area contributed by atoms with Crippen LogP contribution in [0.4, 0.5) is 0 Å². The van der Waals surface area contributed by atoms with E-state index in [0.29, 0.717) is 18.4 Å². The second-order valence-corrected chi connectivity index (χ2v) is 7.10. The summed E-state index contributed by atoms with van der Waals surface area (Å²) in [5, 5.41) is 15.9. The van der Waals surface area contributed by atoms with Crippen LogP contribution in [-0.4, -0.2) is 37.4 Å². The van der Waals surface area contributed by atoms with Gasteiger partial charge in [0.25, 0.3) is 0 Å². The van der Waals surface area contributed by atoms with Gasteiger partial charge in [0.05, 0.1) is 13.2 Å². The molecular weight excluding hydrogens is 326 g/mol. The van der Waals surface area contributed by atoms with Crippen molar-refractivity contribution in [2.24, 2.45) is 16.8 Å². The smallest absolute Gasteiger partial charge is 0.191 e. The third-order valence-corrected chi connectivity index (χ3v) is 4.04. The average molecular weight is 364 g/mol. The molecule has 3 N–H and O–H groups in total. The van der Waals surface area contributed by atoms with Crippen LogP contribution in [0.2, 0.25) is 0 Å². The summed E-state index contributed by atoms with van der Waals surface area (Å²) >= 11 is 0. The topological polar surface area (TPSA) is 65.9 Å². The van der Waals surface area contributed by atoms with Crippen LogP contribution in [0.15, 0.2) is 29.3 Å². The molecule has 26 heavy (non-hydrogen) atoms. The third kappa shape index (κ3) is 9.66. The molecule has 0 heterocycles. The fraction of sp³-hybridized carbons (Fsp3) is 0.667. The maximum absolute atomic E-state index is 9.20. The van der Waals surface area contributed by atoms with Crippen molar-refractivity contribution in [3.63, 3.8) is 0 Å². The molecule has 5 nitrogen and oxygen atoms in total.